The Labute approximate surface area is 101 Å². The molecule has 1 amide bonds. The third-order valence-electron chi connectivity index (χ3n) is 3.21. The van der Waals surface area contributed by atoms with Crippen molar-refractivity contribution in [2.75, 3.05) is 13.1 Å². The zero-order valence-electron chi connectivity index (χ0n) is 10.2. The third kappa shape index (κ3) is 2.29. The number of hydrogen-bond donors (Lipinski definition) is 0. The fraction of sp³-hybridized carbons (Fsp3) is 0.615. The maximum atomic E-state index is 12.3. The lowest BCUT2D eigenvalue weighted by molar-refractivity contribution is 0.0627. The minimum absolute atomic E-state index is 0.228. The van der Waals surface area contributed by atoms with Crippen molar-refractivity contribution in [3.8, 4) is 0 Å². The monoisotopic (exact) mass is 237 g/mol. The van der Waals surface area contributed by atoms with Crippen LogP contribution in [0.1, 0.15) is 35.5 Å². The Morgan fingerprint density at radius 3 is 2.50 bits per heavy atom. The quantitative estimate of drug-likeness (QED) is 0.734. The van der Waals surface area contributed by atoms with E-state index in [1.54, 1.807) is 11.3 Å². The second-order valence-electron chi connectivity index (χ2n) is 5.09. The van der Waals surface area contributed by atoms with Crippen LogP contribution in [-0.2, 0) is 0 Å². The second kappa shape index (κ2) is 4.58. The van der Waals surface area contributed by atoms with E-state index < -0.39 is 0 Å². The van der Waals surface area contributed by atoms with E-state index in [1.807, 2.05) is 23.3 Å². The highest BCUT2D eigenvalue weighted by Gasteiger charge is 2.27. The number of amides is 1. The Hall–Kier alpha value is -0.830. The fourth-order valence-electron chi connectivity index (χ4n) is 2.56. The highest BCUT2D eigenvalue weighted by atomic mass is 32.1. The summed E-state index contributed by atoms with van der Waals surface area (Å²) in [5.41, 5.74) is 1.11. The molecule has 0 spiro atoms. The lowest BCUT2D eigenvalue weighted by Gasteiger charge is -2.34. The molecule has 1 saturated heterocycles. The van der Waals surface area contributed by atoms with Crippen molar-refractivity contribution in [1.82, 2.24) is 4.90 Å². The number of thiophene rings is 1. The van der Waals surface area contributed by atoms with Crippen LogP contribution in [0.15, 0.2) is 11.4 Å². The molecule has 16 heavy (non-hydrogen) atoms. The normalized spacial score (nSPS) is 25.8. The van der Waals surface area contributed by atoms with Crippen molar-refractivity contribution < 1.29 is 4.79 Å². The molecule has 0 saturated carbocycles. The predicted octanol–water partition coefficient (Wildman–Crippen LogP) is 3.17. The van der Waals surface area contributed by atoms with Gasteiger partial charge in [0, 0.05) is 13.1 Å². The van der Waals surface area contributed by atoms with Gasteiger partial charge in [-0.15, -0.1) is 11.3 Å². The van der Waals surface area contributed by atoms with Gasteiger partial charge in [0.05, 0.1) is 4.88 Å². The number of carbonyl (C=O) groups excluding carboxylic acids is 1. The number of piperidine rings is 1. The summed E-state index contributed by atoms with van der Waals surface area (Å²) in [7, 11) is 0. The fourth-order valence-corrected chi connectivity index (χ4v) is 3.46. The molecule has 2 atom stereocenters. The first-order valence-electron chi connectivity index (χ1n) is 5.91. The van der Waals surface area contributed by atoms with Gasteiger partial charge < -0.3 is 4.90 Å². The molecule has 1 aromatic heterocycles. The zero-order chi connectivity index (χ0) is 11.7. The van der Waals surface area contributed by atoms with Crippen molar-refractivity contribution in [2.24, 2.45) is 11.8 Å². The first-order chi connectivity index (χ1) is 7.58. The molecular formula is C13H19NOS. The summed E-state index contributed by atoms with van der Waals surface area (Å²) >= 11 is 1.56. The van der Waals surface area contributed by atoms with Crippen molar-refractivity contribution in [2.45, 2.75) is 27.2 Å². The highest BCUT2D eigenvalue weighted by molar-refractivity contribution is 7.12. The summed E-state index contributed by atoms with van der Waals surface area (Å²) in [4.78, 5) is 15.3. The maximum Gasteiger partial charge on any atom is 0.264 e. The second-order valence-corrected chi connectivity index (χ2v) is 6.01. The first-order valence-corrected chi connectivity index (χ1v) is 6.79. The number of hydrogen-bond acceptors (Lipinski definition) is 2. The molecule has 3 heteroatoms. The van der Waals surface area contributed by atoms with Gasteiger partial charge in [-0.25, -0.2) is 0 Å². The molecule has 0 N–H and O–H groups in total. The van der Waals surface area contributed by atoms with Crippen LogP contribution in [0.4, 0.5) is 0 Å². The Kier molecular flexibility index (Phi) is 3.33. The molecule has 0 aromatic carbocycles. The van der Waals surface area contributed by atoms with Crippen LogP contribution < -0.4 is 0 Å². The summed E-state index contributed by atoms with van der Waals surface area (Å²) in [5.74, 6) is 1.49. The zero-order valence-corrected chi connectivity index (χ0v) is 11.0. The maximum absolute atomic E-state index is 12.3. The van der Waals surface area contributed by atoms with Crippen molar-refractivity contribution in [1.29, 1.82) is 0 Å². The number of nitrogens with zero attached hydrogens (tertiary/aromatic N) is 1. The summed E-state index contributed by atoms with van der Waals surface area (Å²) in [6.07, 6.45) is 1.24. The third-order valence-corrected chi connectivity index (χ3v) is 4.22. The number of carbonyl (C=O) groups is 1. The van der Waals surface area contributed by atoms with E-state index in [-0.39, 0.29) is 5.91 Å². The van der Waals surface area contributed by atoms with E-state index in [0.717, 1.165) is 23.5 Å². The average Bonchev–Trinajstić information content (AvgIpc) is 2.62. The summed E-state index contributed by atoms with van der Waals surface area (Å²) in [6.45, 7) is 8.32. The van der Waals surface area contributed by atoms with E-state index in [4.69, 9.17) is 0 Å². The largest absolute Gasteiger partial charge is 0.337 e. The van der Waals surface area contributed by atoms with E-state index >= 15 is 0 Å². The molecule has 2 unspecified atom stereocenters. The summed E-state index contributed by atoms with van der Waals surface area (Å²) in [6, 6.07) is 2.02. The van der Waals surface area contributed by atoms with E-state index in [0.29, 0.717) is 11.8 Å². The van der Waals surface area contributed by atoms with E-state index in [9.17, 15) is 4.79 Å². The molecule has 0 aliphatic carbocycles. The van der Waals surface area contributed by atoms with E-state index in [2.05, 4.69) is 13.8 Å². The Morgan fingerprint density at radius 2 is 2.00 bits per heavy atom. The smallest absolute Gasteiger partial charge is 0.264 e. The van der Waals surface area contributed by atoms with Crippen LogP contribution in [0.2, 0.25) is 0 Å². The van der Waals surface area contributed by atoms with Gasteiger partial charge in [0.25, 0.3) is 5.91 Å². The van der Waals surface area contributed by atoms with Gasteiger partial charge >= 0.3 is 0 Å². The highest BCUT2D eigenvalue weighted by Crippen LogP contribution is 2.25. The van der Waals surface area contributed by atoms with E-state index in [1.165, 1.54) is 6.42 Å². The standard InChI is InChI=1S/C13H19NOS/c1-9-6-10(2)8-14(7-9)13(15)12-11(3)4-5-16-12/h4-5,9-10H,6-8H2,1-3H3. The number of likely N-dealkylation sites (tertiary alicyclic amines) is 1. The topological polar surface area (TPSA) is 20.3 Å². The molecule has 2 heterocycles. The van der Waals surface area contributed by atoms with Gasteiger partial charge in [-0.3, -0.25) is 4.79 Å². The van der Waals surface area contributed by atoms with Crippen LogP contribution in [0, 0.1) is 18.8 Å². The van der Waals surface area contributed by atoms with Gasteiger partial charge in [-0.2, -0.15) is 0 Å². The van der Waals surface area contributed by atoms with Gasteiger partial charge in [-0.1, -0.05) is 13.8 Å². The molecule has 1 aliphatic rings. The summed E-state index contributed by atoms with van der Waals surface area (Å²) in [5, 5.41) is 2.00. The Morgan fingerprint density at radius 1 is 1.38 bits per heavy atom. The van der Waals surface area contributed by atoms with Crippen LogP contribution >= 0.6 is 11.3 Å². The molecule has 1 aliphatic heterocycles. The average molecular weight is 237 g/mol. The molecule has 2 rings (SSSR count). The molecule has 0 bridgehead atoms. The van der Waals surface area contributed by atoms with Crippen molar-refractivity contribution in [3.05, 3.63) is 21.9 Å². The molecule has 2 nitrogen and oxygen atoms in total. The summed E-state index contributed by atoms with van der Waals surface area (Å²) < 4.78 is 0. The number of aryl methyl sites for hydroxylation is 1. The van der Waals surface area contributed by atoms with Crippen LogP contribution in [0.25, 0.3) is 0 Å². The molecule has 0 radical (unpaired) electrons. The lowest BCUT2D eigenvalue weighted by Crippen LogP contribution is -2.42. The molecule has 88 valence electrons. The van der Waals surface area contributed by atoms with Crippen molar-refractivity contribution in [3.63, 3.8) is 0 Å². The molecule has 1 aromatic rings. The van der Waals surface area contributed by atoms with Gasteiger partial charge in [0.15, 0.2) is 0 Å². The SMILES string of the molecule is Cc1ccsc1C(=O)N1CC(C)CC(C)C1. The van der Waals surface area contributed by atoms with Crippen molar-refractivity contribution >= 4 is 17.2 Å². The van der Waals surface area contributed by atoms with Crippen LogP contribution in [-0.4, -0.2) is 23.9 Å². The first kappa shape index (κ1) is 11.6. The Bertz CT molecular complexity index is 375. The minimum atomic E-state index is 0.228. The molecule has 1 fully saturated rings. The van der Waals surface area contributed by atoms with Gasteiger partial charge in [0.2, 0.25) is 0 Å². The lowest BCUT2D eigenvalue weighted by atomic mass is 9.92. The van der Waals surface area contributed by atoms with Crippen LogP contribution in [0.3, 0.4) is 0 Å². The Balaban J connectivity index is 2.13. The molecular weight excluding hydrogens is 218 g/mol. The minimum Gasteiger partial charge on any atom is -0.337 e. The predicted molar refractivity (Wildman–Crippen MR) is 67.9 cm³/mol. The van der Waals surface area contributed by atoms with Gasteiger partial charge in [0.1, 0.15) is 0 Å². The van der Waals surface area contributed by atoms with Crippen LogP contribution in [0.5, 0.6) is 0 Å². The number of rotatable bonds is 1. The van der Waals surface area contributed by atoms with Gasteiger partial charge in [-0.05, 0) is 42.2 Å².